The second-order valence-corrected chi connectivity index (χ2v) is 10.6. The quantitative estimate of drug-likeness (QED) is 0.231. The fourth-order valence-electron chi connectivity index (χ4n) is 4.18. The van der Waals surface area contributed by atoms with Gasteiger partial charge >= 0.3 is 6.18 Å². The van der Waals surface area contributed by atoms with Gasteiger partial charge in [0.15, 0.2) is 5.60 Å². The van der Waals surface area contributed by atoms with E-state index >= 15 is 0 Å². The van der Waals surface area contributed by atoms with Crippen LogP contribution in [0, 0.1) is 5.82 Å². The van der Waals surface area contributed by atoms with Crippen molar-refractivity contribution in [1.82, 2.24) is 5.32 Å². The normalized spacial score (nSPS) is 18.3. The molecule has 0 radical (unpaired) electrons. The average Bonchev–Trinajstić information content (AvgIpc) is 3.01. The largest absolute Gasteiger partial charge is 0.476 e. The van der Waals surface area contributed by atoms with Gasteiger partial charge in [-0.05, 0) is 69.5 Å². The number of anilines is 2. The van der Waals surface area contributed by atoms with Crippen molar-refractivity contribution in [3.05, 3.63) is 52.3 Å². The lowest BCUT2D eigenvalue weighted by molar-refractivity contribution is -0.150. The summed E-state index contributed by atoms with van der Waals surface area (Å²) < 4.78 is 57.6. The molecule has 0 bridgehead atoms. The van der Waals surface area contributed by atoms with Gasteiger partial charge < -0.3 is 20.7 Å². The first-order valence-electron chi connectivity index (χ1n) is 12.1. The highest BCUT2D eigenvalue weighted by Gasteiger charge is 2.34. The molecule has 3 rings (SSSR count). The molecule has 0 aromatic heterocycles. The van der Waals surface area contributed by atoms with Crippen LogP contribution in [0.15, 0.2) is 36.4 Å². The van der Waals surface area contributed by atoms with Gasteiger partial charge in [-0.25, -0.2) is 4.39 Å². The van der Waals surface area contributed by atoms with Crippen LogP contribution in [0.1, 0.15) is 52.4 Å². The Balaban J connectivity index is 1.60. The van der Waals surface area contributed by atoms with Gasteiger partial charge in [0.25, 0.3) is 5.91 Å². The summed E-state index contributed by atoms with van der Waals surface area (Å²) in [7, 11) is 0. The maximum absolute atomic E-state index is 14.7. The van der Waals surface area contributed by atoms with Crippen molar-refractivity contribution in [3.63, 3.8) is 0 Å². The van der Waals surface area contributed by atoms with Crippen molar-refractivity contribution in [2.24, 2.45) is 0 Å². The molecule has 208 valence electrons. The first-order chi connectivity index (χ1) is 17.7. The Labute approximate surface area is 228 Å². The molecule has 38 heavy (non-hydrogen) atoms. The number of nitrogens with one attached hydrogen (secondary N) is 3. The molecule has 1 saturated carbocycles. The summed E-state index contributed by atoms with van der Waals surface area (Å²) >= 11 is 12.1. The molecule has 12 heteroatoms. The highest BCUT2D eigenvalue weighted by molar-refractivity contribution is 6.35. The molecule has 1 aliphatic rings. The van der Waals surface area contributed by atoms with E-state index in [0.29, 0.717) is 17.2 Å². The number of ether oxygens (including phenoxy) is 1. The number of carbonyl (C=O) groups is 2. The minimum atomic E-state index is -4.65. The van der Waals surface area contributed by atoms with Gasteiger partial charge in [0.1, 0.15) is 18.0 Å². The lowest BCUT2D eigenvalue weighted by Gasteiger charge is -2.29. The molecule has 0 spiro atoms. The summed E-state index contributed by atoms with van der Waals surface area (Å²) in [4.78, 5) is 24.6. The average molecular weight is 578 g/mol. The number of amides is 2. The standard InChI is InChI=1S/C26H29Cl2F4N3O3/c1-25(2,38-22-10-7-15(27)11-19(22)28)24(37)35-17-6-4-3-5-16(12-17)33-21-9-8-18(13-20(21)29)34-23(36)14-26(30,31)32/h7-11,13,16-17,33H,3-6,12,14H2,1-2H3,(H,34,36)(H,35,37). The summed E-state index contributed by atoms with van der Waals surface area (Å²) in [6, 6.07) is 8.02. The van der Waals surface area contributed by atoms with Crippen LogP contribution in [-0.2, 0) is 9.59 Å². The van der Waals surface area contributed by atoms with E-state index in [4.69, 9.17) is 27.9 Å². The van der Waals surface area contributed by atoms with E-state index in [1.807, 2.05) is 5.32 Å². The van der Waals surface area contributed by atoms with Crippen molar-refractivity contribution < 1.29 is 31.9 Å². The summed E-state index contributed by atoms with van der Waals surface area (Å²) in [6.45, 7) is 3.26. The van der Waals surface area contributed by atoms with Crippen LogP contribution < -0.4 is 20.7 Å². The molecule has 2 aromatic rings. The Morgan fingerprint density at radius 1 is 1.03 bits per heavy atom. The minimum Gasteiger partial charge on any atom is -0.476 e. The zero-order valence-electron chi connectivity index (χ0n) is 20.9. The molecule has 0 aliphatic heterocycles. The molecular weight excluding hydrogens is 549 g/mol. The number of hydrogen-bond donors (Lipinski definition) is 3. The lowest BCUT2D eigenvalue weighted by atomic mass is 10.0. The lowest BCUT2D eigenvalue weighted by Crippen LogP contribution is -2.50. The Morgan fingerprint density at radius 3 is 2.34 bits per heavy atom. The molecule has 6 nitrogen and oxygen atoms in total. The molecule has 1 aliphatic carbocycles. The van der Waals surface area contributed by atoms with Crippen LogP contribution in [0.3, 0.4) is 0 Å². The van der Waals surface area contributed by atoms with E-state index in [0.717, 1.165) is 31.7 Å². The van der Waals surface area contributed by atoms with Crippen LogP contribution in [-0.4, -0.2) is 35.7 Å². The molecule has 3 N–H and O–H groups in total. The fraction of sp³-hybridized carbons (Fsp3) is 0.462. The van der Waals surface area contributed by atoms with E-state index in [-0.39, 0.29) is 34.4 Å². The summed E-state index contributed by atoms with van der Waals surface area (Å²) in [5, 5.41) is 8.92. The number of benzene rings is 2. The van der Waals surface area contributed by atoms with Gasteiger partial charge in [-0.1, -0.05) is 36.0 Å². The van der Waals surface area contributed by atoms with Crippen molar-refractivity contribution in [2.75, 3.05) is 10.6 Å². The van der Waals surface area contributed by atoms with Crippen LogP contribution in [0.5, 0.6) is 5.75 Å². The van der Waals surface area contributed by atoms with Crippen LogP contribution in [0.25, 0.3) is 0 Å². The second kappa shape index (κ2) is 12.4. The number of alkyl halides is 3. The first-order valence-corrected chi connectivity index (χ1v) is 12.8. The second-order valence-electron chi connectivity index (χ2n) is 9.75. The minimum absolute atomic E-state index is 0.0728. The Hall–Kier alpha value is -2.72. The predicted octanol–water partition coefficient (Wildman–Crippen LogP) is 7.11. The first kappa shape index (κ1) is 29.8. The smallest absolute Gasteiger partial charge is 0.397 e. The van der Waals surface area contributed by atoms with E-state index < -0.39 is 29.9 Å². The van der Waals surface area contributed by atoms with Gasteiger partial charge in [-0.3, -0.25) is 9.59 Å². The number of carbonyl (C=O) groups excluding carboxylic acids is 2. The summed E-state index contributed by atoms with van der Waals surface area (Å²) in [5.41, 5.74) is -1.15. The maximum atomic E-state index is 14.7. The topological polar surface area (TPSA) is 79.5 Å². The SMILES string of the molecule is CC(C)(Oc1ccc(Cl)cc1Cl)C(=O)NC1CCCCC(Nc2ccc(NC(=O)CC(F)(F)F)cc2F)C1. The predicted molar refractivity (Wildman–Crippen MR) is 139 cm³/mol. The third-order valence-electron chi connectivity index (χ3n) is 6.04. The highest BCUT2D eigenvalue weighted by Crippen LogP contribution is 2.31. The molecule has 2 unspecified atom stereocenters. The van der Waals surface area contributed by atoms with E-state index in [1.165, 1.54) is 18.2 Å². The van der Waals surface area contributed by atoms with E-state index in [1.54, 1.807) is 26.0 Å². The van der Waals surface area contributed by atoms with Crippen molar-refractivity contribution >= 4 is 46.4 Å². The molecule has 0 heterocycles. The third-order valence-corrected chi connectivity index (χ3v) is 6.57. The Morgan fingerprint density at radius 2 is 1.71 bits per heavy atom. The van der Waals surface area contributed by atoms with Crippen molar-refractivity contribution in [1.29, 1.82) is 0 Å². The molecule has 2 atom stereocenters. The molecule has 1 fully saturated rings. The van der Waals surface area contributed by atoms with Crippen molar-refractivity contribution in [3.8, 4) is 5.75 Å². The zero-order valence-corrected chi connectivity index (χ0v) is 22.4. The highest BCUT2D eigenvalue weighted by atomic mass is 35.5. The molecule has 0 saturated heterocycles. The van der Waals surface area contributed by atoms with Crippen LogP contribution >= 0.6 is 23.2 Å². The van der Waals surface area contributed by atoms with Gasteiger partial charge in [-0.15, -0.1) is 0 Å². The molecule has 2 amide bonds. The van der Waals surface area contributed by atoms with Gasteiger partial charge in [0, 0.05) is 22.8 Å². The van der Waals surface area contributed by atoms with E-state index in [2.05, 4.69) is 10.6 Å². The van der Waals surface area contributed by atoms with Gasteiger partial charge in [-0.2, -0.15) is 13.2 Å². The van der Waals surface area contributed by atoms with Crippen LogP contribution in [0.2, 0.25) is 10.0 Å². The molecular formula is C26H29Cl2F4N3O3. The van der Waals surface area contributed by atoms with Gasteiger partial charge in [0.05, 0.1) is 10.7 Å². The Kier molecular flexibility index (Phi) is 9.75. The third kappa shape index (κ3) is 8.94. The fourth-order valence-corrected chi connectivity index (χ4v) is 4.63. The number of halogens is 6. The maximum Gasteiger partial charge on any atom is 0.397 e. The number of rotatable bonds is 8. The Bertz CT molecular complexity index is 1160. The number of hydrogen-bond acceptors (Lipinski definition) is 4. The van der Waals surface area contributed by atoms with Crippen molar-refractivity contribution in [2.45, 2.75) is 76.2 Å². The molecule has 2 aromatic carbocycles. The monoisotopic (exact) mass is 577 g/mol. The van der Waals surface area contributed by atoms with Gasteiger partial charge in [0.2, 0.25) is 5.91 Å². The van der Waals surface area contributed by atoms with Crippen LogP contribution in [0.4, 0.5) is 28.9 Å². The summed E-state index contributed by atoms with van der Waals surface area (Å²) in [6.07, 6.45) is -2.60. The summed E-state index contributed by atoms with van der Waals surface area (Å²) in [5.74, 6) is -2.00. The van der Waals surface area contributed by atoms with E-state index in [9.17, 15) is 27.2 Å². The zero-order chi connectivity index (χ0) is 28.1.